The van der Waals surface area contributed by atoms with Crippen LogP contribution in [0.1, 0.15) is 36.1 Å². The van der Waals surface area contributed by atoms with Gasteiger partial charge in [0, 0.05) is 30.4 Å². The van der Waals surface area contributed by atoms with Crippen molar-refractivity contribution < 1.29 is 49.4 Å². The highest BCUT2D eigenvalue weighted by Gasteiger charge is 2.31. The molecule has 15 heteroatoms. The van der Waals surface area contributed by atoms with Crippen LogP contribution < -0.4 is 9.47 Å². The lowest BCUT2D eigenvalue weighted by molar-refractivity contribution is -0.138. The van der Waals surface area contributed by atoms with Crippen molar-refractivity contribution in [2.24, 2.45) is 0 Å². The molecule has 0 aliphatic heterocycles. The van der Waals surface area contributed by atoms with Crippen LogP contribution in [0.3, 0.4) is 0 Å². The number of rotatable bonds is 11. The molecular formula is C30H28ClF6N2O5P. The average Bonchev–Trinajstić information content (AvgIpc) is 2.97. The summed E-state index contributed by atoms with van der Waals surface area (Å²) in [6.45, 7) is 3.95. The molecule has 0 N–H and O–H groups in total. The quantitative estimate of drug-likeness (QED) is 0.0888. The lowest BCUT2D eigenvalue weighted by Crippen LogP contribution is -2.05. The summed E-state index contributed by atoms with van der Waals surface area (Å²) in [6.07, 6.45) is -7.35. The zero-order chi connectivity index (χ0) is 33.1. The first-order chi connectivity index (χ1) is 21.2. The number of aromatic nitrogens is 2. The number of pyridine rings is 2. The van der Waals surface area contributed by atoms with Crippen molar-refractivity contribution in [1.29, 1.82) is 0 Å². The molecule has 2 aromatic carbocycles. The highest BCUT2D eigenvalue weighted by Crippen LogP contribution is 2.51. The molecule has 0 saturated carbocycles. The van der Waals surface area contributed by atoms with Crippen LogP contribution in [0.25, 0.3) is 0 Å². The van der Waals surface area contributed by atoms with E-state index < -0.39 is 31.1 Å². The summed E-state index contributed by atoms with van der Waals surface area (Å²) in [6, 6.07) is 17.7. The summed E-state index contributed by atoms with van der Waals surface area (Å²) in [7, 11) is -3.26. The fourth-order valence-corrected chi connectivity index (χ4v) is 5.46. The number of alkyl halides is 7. The average molecular weight is 677 g/mol. The first-order valence-electron chi connectivity index (χ1n) is 13.3. The topological polar surface area (TPSA) is 79.8 Å². The van der Waals surface area contributed by atoms with Gasteiger partial charge < -0.3 is 18.5 Å². The van der Waals surface area contributed by atoms with Crippen LogP contribution in [0.2, 0.25) is 0 Å². The summed E-state index contributed by atoms with van der Waals surface area (Å²) in [5.74, 6) is 1.28. The minimum absolute atomic E-state index is 0.0212. The largest absolute Gasteiger partial charge is 0.439 e. The molecular weight excluding hydrogens is 649 g/mol. The first kappa shape index (κ1) is 35.8. The second kappa shape index (κ2) is 16.1. The Hall–Kier alpha value is -3.64. The van der Waals surface area contributed by atoms with Gasteiger partial charge in [-0.05, 0) is 61.4 Å². The molecule has 0 saturated heterocycles. The Labute approximate surface area is 260 Å². The summed E-state index contributed by atoms with van der Waals surface area (Å²) in [4.78, 5) is 7.28. The van der Waals surface area contributed by atoms with Gasteiger partial charge in [0.15, 0.2) is 0 Å². The lowest BCUT2D eigenvalue weighted by Gasteiger charge is -2.17. The Balaban J connectivity index is 0.000000257. The molecule has 2 aromatic heterocycles. The molecule has 0 bridgehead atoms. The molecule has 0 aliphatic carbocycles. The predicted octanol–water partition coefficient (Wildman–Crippen LogP) is 10.3. The molecule has 0 radical (unpaired) electrons. The van der Waals surface area contributed by atoms with Crippen molar-refractivity contribution in [1.82, 2.24) is 9.97 Å². The number of hydrogen-bond donors (Lipinski definition) is 0. The fourth-order valence-electron chi connectivity index (χ4n) is 3.60. The molecule has 2 heterocycles. The second-order valence-corrected chi connectivity index (χ2v) is 11.3. The van der Waals surface area contributed by atoms with Gasteiger partial charge in [-0.15, -0.1) is 11.6 Å². The Bertz CT molecular complexity index is 1540. The van der Waals surface area contributed by atoms with Crippen molar-refractivity contribution >= 4 is 19.2 Å². The van der Waals surface area contributed by atoms with Crippen LogP contribution in [0.15, 0.2) is 85.2 Å². The summed E-state index contributed by atoms with van der Waals surface area (Å²) in [5.41, 5.74) is -0.159. The Kier molecular flexibility index (Phi) is 12.8. The molecule has 45 heavy (non-hydrogen) atoms. The van der Waals surface area contributed by atoms with Gasteiger partial charge in [-0.1, -0.05) is 24.3 Å². The SMILES string of the molecule is CCOP(=O)(Cc1cccc(Oc2ccc(C(F)(F)F)cn2)c1)OCC.FC(F)(F)c1ccc(Oc2cccc(CCl)c2)nc1. The van der Waals surface area contributed by atoms with Gasteiger partial charge in [-0.3, -0.25) is 4.57 Å². The van der Waals surface area contributed by atoms with Gasteiger partial charge in [-0.25, -0.2) is 9.97 Å². The zero-order valence-corrected chi connectivity index (χ0v) is 25.6. The third-order valence-corrected chi connectivity index (χ3v) is 7.92. The third-order valence-electron chi connectivity index (χ3n) is 5.55. The highest BCUT2D eigenvalue weighted by atomic mass is 35.5. The fraction of sp³-hybridized carbons (Fsp3) is 0.267. The van der Waals surface area contributed by atoms with Gasteiger partial charge in [0.2, 0.25) is 11.8 Å². The zero-order valence-electron chi connectivity index (χ0n) is 23.9. The van der Waals surface area contributed by atoms with Crippen LogP contribution in [0.5, 0.6) is 23.3 Å². The van der Waals surface area contributed by atoms with E-state index in [4.69, 9.17) is 30.1 Å². The maximum atomic E-state index is 12.6. The summed E-state index contributed by atoms with van der Waals surface area (Å²) < 4.78 is 109. The number of halogens is 7. The standard InChI is InChI=1S/C17H19F3NO4P.C13H9ClF3NO/c1-3-23-26(22,24-4-2)12-13-6-5-7-15(10-13)25-16-9-8-14(11-21-16)17(18,19)20;14-7-9-2-1-3-11(6-9)19-12-5-4-10(8-18-12)13(15,16)17/h5-11H,3-4,12H2,1-2H3;1-6,8H,7H2. The van der Waals surface area contributed by atoms with Crippen LogP contribution in [-0.4, -0.2) is 23.2 Å². The summed E-state index contributed by atoms with van der Waals surface area (Å²) in [5, 5.41) is 0. The van der Waals surface area contributed by atoms with E-state index in [1.165, 1.54) is 6.07 Å². The van der Waals surface area contributed by atoms with Gasteiger partial charge in [0.25, 0.3) is 0 Å². The van der Waals surface area contributed by atoms with E-state index in [-0.39, 0.29) is 31.1 Å². The maximum absolute atomic E-state index is 12.6. The van der Waals surface area contributed by atoms with Crippen molar-refractivity contribution in [2.75, 3.05) is 13.2 Å². The third kappa shape index (κ3) is 11.7. The van der Waals surface area contributed by atoms with Crippen LogP contribution in [0.4, 0.5) is 26.3 Å². The van der Waals surface area contributed by atoms with E-state index in [2.05, 4.69) is 9.97 Å². The maximum Gasteiger partial charge on any atom is 0.417 e. The lowest BCUT2D eigenvalue weighted by atomic mass is 10.2. The molecule has 4 rings (SSSR count). The van der Waals surface area contributed by atoms with E-state index >= 15 is 0 Å². The van der Waals surface area contributed by atoms with Gasteiger partial charge in [-0.2, -0.15) is 26.3 Å². The molecule has 0 fully saturated rings. The molecule has 242 valence electrons. The van der Waals surface area contributed by atoms with E-state index in [0.717, 1.165) is 30.0 Å². The Morgan fingerprint density at radius 3 is 1.51 bits per heavy atom. The van der Waals surface area contributed by atoms with Crippen molar-refractivity contribution in [3.63, 3.8) is 0 Å². The molecule has 0 spiro atoms. The number of benzene rings is 2. The van der Waals surface area contributed by atoms with Gasteiger partial charge in [0.05, 0.1) is 30.5 Å². The van der Waals surface area contributed by atoms with Crippen LogP contribution in [-0.2, 0) is 38.0 Å². The monoisotopic (exact) mass is 676 g/mol. The first-order valence-corrected chi connectivity index (χ1v) is 15.5. The number of nitrogens with zero attached hydrogens (tertiary/aromatic N) is 2. The summed E-state index contributed by atoms with van der Waals surface area (Å²) >= 11 is 5.68. The van der Waals surface area contributed by atoms with Gasteiger partial charge >= 0.3 is 19.9 Å². The van der Waals surface area contributed by atoms with Crippen LogP contribution in [0, 0.1) is 0 Å². The van der Waals surface area contributed by atoms with E-state index in [1.54, 1.807) is 56.3 Å². The predicted molar refractivity (Wildman–Crippen MR) is 156 cm³/mol. The number of hydrogen-bond acceptors (Lipinski definition) is 7. The molecule has 0 atom stereocenters. The van der Waals surface area contributed by atoms with E-state index in [1.807, 2.05) is 6.07 Å². The molecule has 0 aliphatic rings. The van der Waals surface area contributed by atoms with Crippen LogP contribution >= 0.6 is 19.2 Å². The molecule has 7 nitrogen and oxygen atoms in total. The second-order valence-electron chi connectivity index (χ2n) is 9.00. The smallest absolute Gasteiger partial charge is 0.417 e. The van der Waals surface area contributed by atoms with E-state index in [9.17, 15) is 30.9 Å². The van der Waals surface area contributed by atoms with Crippen molar-refractivity contribution in [3.8, 4) is 23.3 Å². The molecule has 0 unspecified atom stereocenters. The Morgan fingerprint density at radius 1 is 0.689 bits per heavy atom. The van der Waals surface area contributed by atoms with E-state index in [0.29, 0.717) is 29.1 Å². The number of ether oxygens (including phenoxy) is 2. The molecule has 4 aromatic rings. The molecule has 0 amide bonds. The minimum atomic E-state index is -4.45. The normalized spacial score (nSPS) is 11.8. The highest BCUT2D eigenvalue weighted by molar-refractivity contribution is 7.53. The minimum Gasteiger partial charge on any atom is -0.439 e. The van der Waals surface area contributed by atoms with Crippen molar-refractivity contribution in [3.05, 3.63) is 107 Å². The van der Waals surface area contributed by atoms with Gasteiger partial charge in [0.1, 0.15) is 11.5 Å². The Morgan fingerprint density at radius 2 is 1.13 bits per heavy atom. The van der Waals surface area contributed by atoms with Crippen molar-refractivity contribution in [2.45, 2.75) is 38.2 Å².